The van der Waals surface area contributed by atoms with E-state index < -0.39 is 5.97 Å². The van der Waals surface area contributed by atoms with Crippen molar-refractivity contribution in [3.63, 3.8) is 0 Å². The standard InChI is InChI=1S/C23H26N2O4/c1-29-23(28)19-9-5-6-10-20(19)25-22(27)18-13-11-17(12-14-18)21(26)24-15-16-7-3-2-4-8-16/h2-10,17-18H,11-15H2,1H3,(H,24,26)(H,25,27). The molecule has 1 aliphatic carbocycles. The van der Waals surface area contributed by atoms with E-state index in [9.17, 15) is 14.4 Å². The van der Waals surface area contributed by atoms with Crippen molar-refractivity contribution < 1.29 is 19.1 Å². The Morgan fingerprint density at radius 2 is 1.45 bits per heavy atom. The second-order valence-electron chi connectivity index (χ2n) is 7.28. The molecular formula is C23H26N2O4. The van der Waals surface area contributed by atoms with Crippen molar-refractivity contribution >= 4 is 23.5 Å². The highest BCUT2D eigenvalue weighted by atomic mass is 16.5. The first-order valence-corrected chi connectivity index (χ1v) is 9.88. The Balaban J connectivity index is 1.50. The number of para-hydroxylation sites is 1. The summed E-state index contributed by atoms with van der Waals surface area (Å²) in [5.41, 5.74) is 1.85. The molecule has 6 heteroatoms. The van der Waals surface area contributed by atoms with Crippen LogP contribution in [0.5, 0.6) is 0 Å². The van der Waals surface area contributed by atoms with Gasteiger partial charge < -0.3 is 15.4 Å². The predicted octanol–water partition coefficient (Wildman–Crippen LogP) is 3.53. The van der Waals surface area contributed by atoms with Gasteiger partial charge in [-0.2, -0.15) is 0 Å². The summed E-state index contributed by atoms with van der Waals surface area (Å²) in [4.78, 5) is 36.9. The molecule has 3 rings (SSSR count). The summed E-state index contributed by atoms with van der Waals surface area (Å²) in [6.45, 7) is 0.518. The molecule has 0 spiro atoms. The SMILES string of the molecule is COC(=O)c1ccccc1NC(=O)C1CCC(C(=O)NCc2ccccc2)CC1. The van der Waals surface area contributed by atoms with Crippen LogP contribution in [0.15, 0.2) is 54.6 Å². The van der Waals surface area contributed by atoms with Crippen LogP contribution in [-0.4, -0.2) is 24.9 Å². The third-order valence-electron chi connectivity index (χ3n) is 5.37. The van der Waals surface area contributed by atoms with E-state index in [0.717, 1.165) is 5.56 Å². The molecule has 152 valence electrons. The van der Waals surface area contributed by atoms with Gasteiger partial charge in [0.25, 0.3) is 0 Å². The minimum atomic E-state index is -0.486. The van der Waals surface area contributed by atoms with Crippen molar-refractivity contribution in [1.29, 1.82) is 0 Å². The maximum Gasteiger partial charge on any atom is 0.339 e. The van der Waals surface area contributed by atoms with Crippen molar-refractivity contribution in [2.24, 2.45) is 11.8 Å². The molecule has 0 radical (unpaired) electrons. The molecule has 2 aromatic carbocycles. The quantitative estimate of drug-likeness (QED) is 0.734. The van der Waals surface area contributed by atoms with Crippen LogP contribution >= 0.6 is 0 Å². The fourth-order valence-electron chi connectivity index (χ4n) is 3.66. The van der Waals surface area contributed by atoms with Crippen molar-refractivity contribution in [1.82, 2.24) is 5.32 Å². The highest BCUT2D eigenvalue weighted by Gasteiger charge is 2.30. The summed E-state index contributed by atoms with van der Waals surface area (Å²) in [5.74, 6) is -0.795. The van der Waals surface area contributed by atoms with Crippen LogP contribution in [-0.2, 0) is 20.9 Å². The lowest BCUT2D eigenvalue weighted by Gasteiger charge is -2.27. The summed E-state index contributed by atoms with van der Waals surface area (Å²) in [6, 6.07) is 16.6. The minimum Gasteiger partial charge on any atom is -0.465 e. The van der Waals surface area contributed by atoms with Gasteiger partial charge in [0.2, 0.25) is 11.8 Å². The Morgan fingerprint density at radius 3 is 2.10 bits per heavy atom. The summed E-state index contributed by atoms with van der Waals surface area (Å²) in [7, 11) is 1.31. The van der Waals surface area contributed by atoms with Crippen molar-refractivity contribution in [3.8, 4) is 0 Å². The smallest absolute Gasteiger partial charge is 0.339 e. The number of rotatable bonds is 6. The Hall–Kier alpha value is -3.15. The molecule has 1 aliphatic rings. The van der Waals surface area contributed by atoms with E-state index >= 15 is 0 Å². The molecule has 6 nitrogen and oxygen atoms in total. The van der Waals surface area contributed by atoms with Gasteiger partial charge in [-0.25, -0.2) is 4.79 Å². The van der Waals surface area contributed by atoms with E-state index in [0.29, 0.717) is 43.5 Å². The molecule has 1 fully saturated rings. The molecule has 0 heterocycles. The Kier molecular flexibility index (Phi) is 7.00. The van der Waals surface area contributed by atoms with Crippen LogP contribution in [0.25, 0.3) is 0 Å². The maximum absolute atomic E-state index is 12.7. The number of methoxy groups -OCH3 is 1. The van der Waals surface area contributed by atoms with Gasteiger partial charge >= 0.3 is 5.97 Å². The number of ether oxygens (including phenoxy) is 1. The fraction of sp³-hybridized carbons (Fsp3) is 0.348. The average Bonchev–Trinajstić information content (AvgIpc) is 2.78. The predicted molar refractivity (Wildman–Crippen MR) is 110 cm³/mol. The number of hydrogen-bond donors (Lipinski definition) is 2. The molecule has 0 aliphatic heterocycles. The van der Waals surface area contributed by atoms with Gasteiger partial charge in [0.05, 0.1) is 18.4 Å². The first kappa shape index (κ1) is 20.6. The van der Waals surface area contributed by atoms with E-state index in [1.807, 2.05) is 30.3 Å². The number of nitrogens with one attached hydrogen (secondary N) is 2. The zero-order chi connectivity index (χ0) is 20.6. The first-order valence-electron chi connectivity index (χ1n) is 9.88. The van der Waals surface area contributed by atoms with Crippen LogP contribution in [0.4, 0.5) is 5.69 Å². The number of amides is 2. The largest absolute Gasteiger partial charge is 0.465 e. The van der Waals surface area contributed by atoms with Gasteiger partial charge in [0, 0.05) is 18.4 Å². The molecule has 29 heavy (non-hydrogen) atoms. The van der Waals surface area contributed by atoms with Crippen LogP contribution < -0.4 is 10.6 Å². The summed E-state index contributed by atoms with van der Waals surface area (Å²) in [6.07, 6.45) is 2.65. The van der Waals surface area contributed by atoms with Gasteiger partial charge in [-0.15, -0.1) is 0 Å². The van der Waals surface area contributed by atoms with E-state index in [-0.39, 0.29) is 23.7 Å². The molecule has 0 saturated heterocycles. The monoisotopic (exact) mass is 394 g/mol. The molecular weight excluding hydrogens is 368 g/mol. The van der Waals surface area contributed by atoms with E-state index in [4.69, 9.17) is 4.74 Å². The molecule has 1 saturated carbocycles. The second kappa shape index (κ2) is 9.87. The zero-order valence-corrected chi connectivity index (χ0v) is 16.5. The van der Waals surface area contributed by atoms with Gasteiger partial charge in [-0.05, 0) is 43.4 Å². The molecule has 0 atom stereocenters. The summed E-state index contributed by atoms with van der Waals surface area (Å²) in [5, 5.41) is 5.83. The lowest BCUT2D eigenvalue weighted by molar-refractivity contribution is -0.128. The highest BCUT2D eigenvalue weighted by molar-refractivity contribution is 6.01. The van der Waals surface area contributed by atoms with Crippen molar-refractivity contribution in [2.75, 3.05) is 12.4 Å². The third kappa shape index (κ3) is 5.44. The third-order valence-corrected chi connectivity index (χ3v) is 5.37. The van der Waals surface area contributed by atoms with Gasteiger partial charge in [-0.3, -0.25) is 9.59 Å². The molecule has 2 amide bonds. The number of esters is 1. The normalized spacial score (nSPS) is 18.5. The average molecular weight is 394 g/mol. The topological polar surface area (TPSA) is 84.5 Å². The first-order chi connectivity index (χ1) is 14.1. The van der Waals surface area contributed by atoms with Gasteiger partial charge in [0.15, 0.2) is 0 Å². The Bertz CT molecular complexity index is 858. The minimum absolute atomic E-state index is 0.0451. The van der Waals surface area contributed by atoms with Crippen LogP contribution in [0.1, 0.15) is 41.6 Å². The number of carbonyl (C=O) groups excluding carboxylic acids is 3. The van der Waals surface area contributed by atoms with Crippen LogP contribution in [0.3, 0.4) is 0 Å². The number of anilines is 1. The summed E-state index contributed by atoms with van der Waals surface area (Å²) < 4.78 is 4.76. The number of hydrogen-bond acceptors (Lipinski definition) is 4. The molecule has 0 aromatic heterocycles. The lowest BCUT2D eigenvalue weighted by atomic mass is 9.81. The van der Waals surface area contributed by atoms with Crippen LogP contribution in [0.2, 0.25) is 0 Å². The van der Waals surface area contributed by atoms with Crippen molar-refractivity contribution in [3.05, 3.63) is 65.7 Å². The van der Waals surface area contributed by atoms with E-state index in [2.05, 4.69) is 10.6 Å². The number of carbonyl (C=O) groups is 3. The Morgan fingerprint density at radius 1 is 0.862 bits per heavy atom. The van der Waals surface area contributed by atoms with Crippen molar-refractivity contribution in [2.45, 2.75) is 32.2 Å². The fourth-order valence-corrected chi connectivity index (χ4v) is 3.66. The highest BCUT2D eigenvalue weighted by Crippen LogP contribution is 2.30. The van der Waals surface area contributed by atoms with Gasteiger partial charge in [0.1, 0.15) is 0 Å². The van der Waals surface area contributed by atoms with Crippen LogP contribution in [0, 0.1) is 11.8 Å². The molecule has 0 unspecified atom stereocenters. The summed E-state index contributed by atoms with van der Waals surface area (Å²) >= 11 is 0. The maximum atomic E-state index is 12.7. The second-order valence-corrected chi connectivity index (χ2v) is 7.28. The van der Waals surface area contributed by atoms with Gasteiger partial charge in [-0.1, -0.05) is 42.5 Å². The molecule has 2 N–H and O–H groups in total. The Labute approximate surface area is 170 Å². The molecule has 0 bridgehead atoms. The molecule has 2 aromatic rings. The number of benzene rings is 2. The van der Waals surface area contributed by atoms with E-state index in [1.54, 1.807) is 24.3 Å². The lowest BCUT2D eigenvalue weighted by Crippen LogP contribution is -2.35. The zero-order valence-electron chi connectivity index (χ0n) is 16.5. The van der Waals surface area contributed by atoms with E-state index in [1.165, 1.54) is 7.11 Å².